The maximum Gasteiger partial charge on any atom is 0.161 e. The van der Waals surface area contributed by atoms with Crippen molar-refractivity contribution in [3.8, 4) is 11.5 Å². The first-order valence-corrected chi connectivity index (χ1v) is 8.01. The Kier molecular flexibility index (Phi) is 5.67. The Morgan fingerprint density at radius 1 is 1.32 bits per heavy atom. The highest BCUT2D eigenvalue weighted by molar-refractivity contribution is 5.43. The molecule has 1 heterocycles. The molecule has 1 aromatic carbocycles. The number of nitrogens with zero attached hydrogens (tertiary/aromatic N) is 1. The molecule has 1 aliphatic heterocycles. The van der Waals surface area contributed by atoms with Crippen LogP contribution in [0.2, 0.25) is 0 Å². The highest BCUT2D eigenvalue weighted by Gasteiger charge is 2.36. The Bertz CT molecular complexity index is 485. The van der Waals surface area contributed by atoms with Gasteiger partial charge in [0, 0.05) is 44.2 Å². The molecule has 0 aliphatic carbocycles. The number of ether oxygens (including phenoxy) is 1. The van der Waals surface area contributed by atoms with Crippen LogP contribution in [-0.2, 0) is 0 Å². The summed E-state index contributed by atoms with van der Waals surface area (Å²) < 4.78 is 5.52. The summed E-state index contributed by atoms with van der Waals surface area (Å²) in [5.41, 5.74) is 0.792. The largest absolute Gasteiger partial charge is 0.504 e. The van der Waals surface area contributed by atoms with E-state index in [0.29, 0.717) is 12.4 Å². The standard InChI is InChI=1S/C17H28N2O3/c1-4-22-15-11-13(5-6-14(15)21)16(17(2,3)12-20)19-9-7-18-8-10-19/h5-6,11,16,18,20-21H,4,7-10,12H2,1-3H3/t16-/m1/s1. The van der Waals surface area contributed by atoms with Gasteiger partial charge in [-0.3, -0.25) is 4.90 Å². The molecule has 0 aromatic heterocycles. The van der Waals surface area contributed by atoms with Crippen LogP contribution in [0, 0.1) is 5.41 Å². The number of rotatable bonds is 6. The summed E-state index contributed by atoms with van der Waals surface area (Å²) in [6.07, 6.45) is 0. The zero-order valence-electron chi connectivity index (χ0n) is 13.8. The SMILES string of the molecule is CCOc1cc([C@@H](N2CCNCC2)C(C)(C)CO)ccc1O. The van der Waals surface area contributed by atoms with E-state index in [9.17, 15) is 10.2 Å². The Hall–Kier alpha value is -1.30. The molecule has 2 rings (SSSR count). The number of aliphatic hydroxyl groups is 1. The molecular weight excluding hydrogens is 280 g/mol. The normalized spacial score (nSPS) is 18.2. The van der Waals surface area contributed by atoms with Gasteiger partial charge >= 0.3 is 0 Å². The number of aliphatic hydroxyl groups excluding tert-OH is 1. The lowest BCUT2D eigenvalue weighted by Crippen LogP contribution is -2.49. The fraction of sp³-hybridized carbons (Fsp3) is 0.647. The highest BCUT2D eigenvalue weighted by Crippen LogP contribution is 2.41. The summed E-state index contributed by atoms with van der Waals surface area (Å²) in [5, 5.41) is 23.1. The minimum absolute atomic E-state index is 0.0828. The zero-order chi connectivity index (χ0) is 16.2. The van der Waals surface area contributed by atoms with E-state index in [0.717, 1.165) is 31.7 Å². The summed E-state index contributed by atoms with van der Waals surface area (Å²) in [6, 6.07) is 5.60. The minimum atomic E-state index is -0.280. The van der Waals surface area contributed by atoms with Gasteiger partial charge in [-0.25, -0.2) is 0 Å². The van der Waals surface area contributed by atoms with Crippen LogP contribution in [0.15, 0.2) is 18.2 Å². The van der Waals surface area contributed by atoms with E-state index >= 15 is 0 Å². The first-order valence-electron chi connectivity index (χ1n) is 8.01. The van der Waals surface area contributed by atoms with Crippen molar-refractivity contribution in [3.63, 3.8) is 0 Å². The number of nitrogens with one attached hydrogen (secondary N) is 1. The number of phenolic OH excluding ortho intramolecular Hbond substituents is 1. The average molecular weight is 308 g/mol. The van der Waals surface area contributed by atoms with Gasteiger partial charge in [0.05, 0.1) is 6.61 Å². The van der Waals surface area contributed by atoms with Crippen LogP contribution in [0.3, 0.4) is 0 Å². The number of aromatic hydroxyl groups is 1. The molecular formula is C17H28N2O3. The summed E-state index contributed by atoms with van der Waals surface area (Å²) in [7, 11) is 0. The Balaban J connectivity index is 2.37. The third-order valence-electron chi connectivity index (χ3n) is 4.26. The summed E-state index contributed by atoms with van der Waals surface area (Å²) in [4.78, 5) is 2.40. The molecule has 1 saturated heterocycles. The Labute approximate surface area is 132 Å². The molecule has 1 fully saturated rings. The number of phenols is 1. The van der Waals surface area contributed by atoms with E-state index in [1.165, 1.54) is 0 Å². The van der Waals surface area contributed by atoms with E-state index in [2.05, 4.69) is 24.1 Å². The molecule has 1 aromatic rings. The molecule has 5 nitrogen and oxygen atoms in total. The summed E-state index contributed by atoms with van der Waals surface area (Å²) in [6.45, 7) is 10.5. The molecule has 5 heteroatoms. The molecule has 0 unspecified atom stereocenters. The smallest absolute Gasteiger partial charge is 0.161 e. The lowest BCUT2D eigenvalue weighted by Gasteiger charge is -2.43. The van der Waals surface area contributed by atoms with Gasteiger partial charge in [-0.1, -0.05) is 19.9 Å². The fourth-order valence-corrected chi connectivity index (χ4v) is 3.15. The average Bonchev–Trinajstić information content (AvgIpc) is 2.52. The number of benzene rings is 1. The number of hydrogen-bond donors (Lipinski definition) is 3. The molecule has 3 N–H and O–H groups in total. The predicted molar refractivity (Wildman–Crippen MR) is 87.3 cm³/mol. The highest BCUT2D eigenvalue weighted by atomic mass is 16.5. The van der Waals surface area contributed by atoms with Gasteiger partial charge in [-0.05, 0) is 24.6 Å². The number of hydrogen-bond acceptors (Lipinski definition) is 5. The maximum absolute atomic E-state index is 9.92. The van der Waals surface area contributed by atoms with Crippen LogP contribution in [0.25, 0.3) is 0 Å². The summed E-state index contributed by atoms with van der Waals surface area (Å²) in [5.74, 6) is 0.667. The summed E-state index contributed by atoms with van der Waals surface area (Å²) >= 11 is 0. The molecule has 0 radical (unpaired) electrons. The van der Waals surface area contributed by atoms with Gasteiger partial charge < -0.3 is 20.3 Å². The van der Waals surface area contributed by atoms with Crippen LogP contribution >= 0.6 is 0 Å². The van der Waals surface area contributed by atoms with Gasteiger partial charge in [0.2, 0.25) is 0 Å². The van der Waals surface area contributed by atoms with E-state index < -0.39 is 0 Å². The van der Waals surface area contributed by atoms with Crippen molar-refractivity contribution in [1.82, 2.24) is 10.2 Å². The molecule has 0 saturated carbocycles. The number of piperazine rings is 1. The van der Waals surface area contributed by atoms with Crippen molar-refractivity contribution >= 4 is 0 Å². The second kappa shape index (κ2) is 7.31. The second-order valence-electron chi connectivity index (χ2n) is 6.50. The quantitative estimate of drug-likeness (QED) is 0.747. The van der Waals surface area contributed by atoms with Crippen molar-refractivity contribution < 1.29 is 14.9 Å². The molecule has 1 aliphatic rings. The van der Waals surface area contributed by atoms with Gasteiger partial charge in [0.25, 0.3) is 0 Å². The first-order chi connectivity index (χ1) is 10.5. The molecule has 1 atom stereocenters. The predicted octanol–water partition coefficient (Wildman–Crippen LogP) is 1.76. The van der Waals surface area contributed by atoms with Crippen LogP contribution in [0.5, 0.6) is 11.5 Å². The van der Waals surface area contributed by atoms with Crippen molar-refractivity contribution in [1.29, 1.82) is 0 Å². The van der Waals surface area contributed by atoms with Crippen molar-refractivity contribution in [2.45, 2.75) is 26.8 Å². The van der Waals surface area contributed by atoms with E-state index in [4.69, 9.17) is 4.74 Å². The third kappa shape index (κ3) is 3.72. The van der Waals surface area contributed by atoms with Crippen LogP contribution in [0.1, 0.15) is 32.4 Å². The van der Waals surface area contributed by atoms with Crippen molar-refractivity contribution in [3.05, 3.63) is 23.8 Å². The van der Waals surface area contributed by atoms with Crippen LogP contribution < -0.4 is 10.1 Å². The van der Waals surface area contributed by atoms with E-state index in [1.807, 2.05) is 19.1 Å². The lowest BCUT2D eigenvalue weighted by atomic mass is 9.79. The first kappa shape index (κ1) is 17.1. The van der Waals surface area contributed by atoms with Crippen LogP contribution in [-0.4, -0.2) is 54.5 Å². The molecule has 0 amide bonds. The third-order valence-corrected chi connectivity index (χ3v) is 4.26. The monoisotopic (exact) mass is 308 g/mol. The van der Waals surface area contributed by atoms with Crippen molar-refractivity contribution in [2.75, 3.05) is 39.4 Å². The van der Waals surface area contributed by atoms with E-state index in [-0.39, 0.29) is 23.8 Å². The lowest BCUT2D eigenvalue weighted by molar-refractivity contribution is 0.0304. The van der Waals surface area contributed by atoms with Gasteiger partial charge in [0.15, 0.2) is 11.5 Å². The Morgan fingerprint density at radius 3 is 2.59 bits per heavy atom. The van der Waals surface area contributed by atoms with Crippen molar-refractivity contribution in [2.24, 2.45) is 5.41 Å². The molecule has 0 bridgehead atoms. The zero-order valence-corrected chi connectivity index (χ0v) is 13.8. The fourth-order valence-electron chi connectivity index (χ4n) is 3.15. The van der Waals surface area contributed by atoms with E-state index in [1.54, 1.807) is 6.07 Å². The van der Waals surface area contributed by atoms with Gasteiger partial charge in [-0.15, -0.1) is 0 Å². The minimum Gasteiger partial charge on any atom is -0.504 e. The van der Waals surface area contributed by atoms with Gasteiger partial charge in [-0.2, -0.15) is 0 Å². The molecule has 124 valence electrons. The van der Waals surface area contributed by atoms with Crippen LogP contribution in [0.4, 0.5) is 0 Å². The molecule has 22 heavy (non-hydrogen) atoms. The topological polar surface area (TPSA) is 65.0 Å². The Morgan fingerprint density at radius 2 is 2.00 bits per heavy atom. The second-order valence-corrected chi connectivity index (χ2v) is 6.50. The maximum atomic E-state index is 9.92. The van der Waals surface area contributed by atoms with Gasteiger partial charge in [0.1, 0.15) is 0 Å². The molecule has 0 spiro atoms.